The molecule has 2 saturated heterocycles. The lowest BCUT2D eigenvalue weighted by Crippen LogP contribution is -2.55. The van der Waals surface area contributed by atoms with Gasteiger partial charge in [-0.3, -0.25) is 29.4 Å². The van der Waals surface area contributed by atoms with Crippen LogP contribution in [-0.2, 0) is 23.9 Å². The highest BCUT2D eigenvalue weighted by molar-refractivity contribution is 6.23. The molecule has 0 aromatic heterocycles. The Morgan fingerprint density at radius 1 is 1.15 bits per heavy atom. The van der Waals surface area contributed by atoms with Crippen LogP contribution in [-0.4, -0.2) is 60.4 Å². The molecule has 4 amide bonds. The van der Waals surface area contributed by atoms with Gasteiger partial charge in [0.05, 0.1) is 17.3 Å². The van der Waals surface area contributed by atoms with Gasteiger partial charge < -0.3 is 10.1 Å². The number of amides is 4. The molecular formula is C18H21N3O5. The fraction of sp³-hybridized carbons (Fsp3) is 0.556. The summed E-state index contributed by atoms with van der Waals surface area (Å²) in [6.45, 7) is 2.51. The number of nitrogens with zero attached hydrogens (tertiary/aromatic N) is 1. The molecule has 26 heavy (non-hydrogen) atoms. The quantitative estimate of drug-likeness (QED) is 0.636. The number of carbonyl (C=O) groups excluding carboxylic acids is 4. The Balaban J connectivity index is 1.48. The second-order valence-electron chi connectivity index (χ2n) is 7.09. The fourth-order valence-corrected chi connectivity index (χ4v) is 3.77. The van der Waals surface area contributed by atoms with Crippen molar-refractivity contribution in [2.45, 2.75) is 37.8 Å². The van der Waals surface area contributed by atoms with Gasteiger partial charge in [-0.1, -0.05) is 12.2 Å². The molecule has 4 rings (SSSR count). The van der Waals surface area contributed by atoms with Gasteiger partial charge in [0.1, 0.15) is 6.04 Å². The smallest absolute Gasteiger partial charge is 0.262 e. The molecule has 138 valence electrons. The molecule has 8 nitrogen and oxygen atoms in total. The van der Waals surface area contributed by atoms with Crippen molar-refractivity contribution in [2.75, 3.05) is 19.7 Å². The van der Waals surface area contributed by atoms with E-state index in [9.17, 15) is 19.2 Å². The third-order valence-corrected chi connectivity index (χ3v) is 5.38. The van der Waals surface area contributed by atoms with Crippen molar-refractivity contribution in [1.29, 1.82) is 0 Å². The molecular weight excluding hydrogens is 338 g/mol. The van der Waals surface area contributed by atoms with Crippen LogP contribution in [0.25, 0.3) is 0 Å². The van der Waals surface area contributed by atoms with Crippen LogP contribution in [0.5, 0.6) is 0 Å². The van der Waals surface area contributed by atoms with Crippen LogP contribution in [0.2, 0.25) is 0 Å². The molecule has 0 bridgehead atoms. The van der Waals surface area contributed by atoms with Gasteiger partial charge in [0.2, 0.25) is 11.8 Å². The third kappa shape index (κ3) is 2.89. The minimum absolute atomic E-state index is 0.114. The predicted molar refractivity (Wildman–Crippen MR) is 89.5 cm³/mol. The number of ether oxygens (including phenoxy) is 1. The van der Waals surface area contributed by atoms with Crippen LogP contribution in [0.15, 0.2) is 23.3 Å². The lowest BCUT2D eigenvalue weighted by Gasteiger charge is -2.29. The van der Waals surface area contributed by atoms with Crippen LogP contribution < -0.4 is 10.6 Å². The molecule has 2 unspecified atom stereocenters. The maximum absolute atomic E-state index is 12.9. The molecule has 2 N–H and O–H groups in total. The molecule has 0 aromatic carbocycles. The highest BCUT2D eigenvalue weighted by Gasteiger charge is 2.48. The molecule has 4 aliphatic rings. The van der Waals surface area contributed by atoms with Crippen molar-refractivity contribution in [3.05, 3.63) is 23.3 Å². The minimum Gasteiger partial charge on any atom is -0.373 e. The number of hydrogen-bond donors (Lipinski definition) is 2. The number of nitrogens with one attached hydrogen (secondary N) is 2. The van der Waals surface area contributed by atoms with E-state index < -0.39 is 29.9 Å². The monoisotopic (exact) mass is 359 g/mol. The first kappa shape index (κ1) is 17.1. The Bertz CT molecular complexity index is 737. The number of piperidine rings is 1. The Labute approximate surface area is 150 Å². The molecule has 3 aliphatic heterocycles. The van der Waals surface area contributed by atoms with Gasteiger partial charge in [-0.25, -0.2) is 0 Å². The molecule has 3 heterocycles. The van der Waals surface area contributed by atoms with E-state index in [0.717, 1.165) is 24.4 Å². The lowest BCUT2D eigenvalue weighted by molar-refractivity contribution is -0.150. The van der Waals surface area contributed by atoms with Crippen LogP contribution in [0.4, 0.5) is 0 Å². The first-order valence-electron chi connectivity index (χ1n) is 9.01. The number of imide groups is 2. The van der Waals surface area contributed by atoms with Gasteiger partial charge in [-0.05, 0) is 38.3 Å². The van der Waals surface area contributed by atoms with E-state index in [2.05, 4.69) is 10.6 Å². The molecule has 8 heteroatoms. The summed E-state index contributed by atoms with van der Waals surface area (Å²) in [5.41, 5.74) is 0.648. The zero-order chi connectivity index (χ0) is 18.3. The maximum Gasteiger partial charge on any atom is 0.262 e. The van der Waals surface area contributed by atoms with Crippen LogP contribution in [0.1, 0.15) is 25.7 Å². The average molecular weight is 359 g/mol. The van der Waals surface area contributed by atoms with Gasteiger partial charge in [0, 0.05) is 13.0 Å². The highest BCUT2D eigenvalue weighted by Crippen LogP contribution is 2.33. The van der Waals surface area contributed by atoms with Gasteiger partial charge >= 0.3 is 0 Å². The van der Waals surface area contributed by atoms with E-state index in [-0.39, 0.29) is 18.7 Å². The summed E-state index contributed by atoms with van der Waals surface area (Å²) in [7, 11) is 0. The van der Waals surface area contributed by atoms with Crippen LogP contribution >= 0.6 is 0 Å². The Hall–Kier alpha value is -2.32. The SMILES string of the molecule is O=C1CCC(N2C(=O)C3=C(C2=O)C(OCCC2CNC2)CC=C3)C(=O)N1. The molecule has 0 aromatic rings. The van der Waals surface area contributed by atoms with Gasteiger partial charge in [-0.2, -0.15) is 0 Å². The topological polar surface area (TPSA) is 105 Å². The van der Waals surface area contributed by atoms with Crippen molar-refractivity contribution in [3.63, 3.8) is 0 Å². The molecule has 0 saturated carbocycles. The highest BCUT2D eigenvalue weighted by atomic mass is 16.5. The largest absolute Gasteiger partial charge is 0.373 e. The van der Waals surface area contributed by atoms with Gasteiger partial charge in [0.25, 0.3) is 11.8 Å². The summed E-state index contributed by atoms with van der Waals surface area (Å²) in [5, 5.41) is 5.41. The number of rotatable bonds is 5. The molecule has 2 fully saturated rings. The second-order valence-corrected chi connectivity index (χ2v) is 7.09. The fourth-order valence-electron chi connectivity index (χ4n) is 3.77. The number of hydrogen-bond acceptors (Lipinski definition) is 6. The van der Waals surface area contributed by atoms with Crippen molar-refractivity contribution in [2.24, 2.45) is 5.92 Å². The second kappa shape index (κ2) is 6.77. The van der Waals surface area contributed by atoms with Crippen molar-refractivity contribution >= 4 is 23.6 Å². The van der Waals surface area contributed by atoms with Gasteiger partial charge in [0.15, 0.2) is 0 Å². The summed E-state index contributed by atoms with van der Waals surface area (Å²) >= 11 is 0. The van der Waals surface area contributed by atoms with Crippen LogP contribution in [0, 0.1) is 5.92 Å². The summed E-state index contributed by atoms with van der Waals surface area (Å²) in [5.74, 6) is -1.33. The van der Waals surface area contributed by atoms with Gasteiger partial charge in [-0.15, -0.1) is 0 Å². The Morgan fingerprint density at radius 2 is 1.96 bits per heavy atom. The van der Waals surface area contributed by atoms with Crippen LogP contribution in [0.3, 0.4) is 0 Å². The van der Waals surface area contributed by atoms with E-state index in [4.69, 9.17) is 4.74 Å². The minimum atomic E-state index is -0.937. The van der Waals surface area contributed by atoms with E-state index in [0.29, 0.717) is 30.1 Å². The van der Waals surface area contributed by atoms with E-state index in [1.54, 1.807) is 6.08 Å². The summed E-state index contributed by atoms with van der Waals surface area (Å²) in [6.07, 6.45) is 4.72. The maximum atomic E-state index is 12.9. The standard InChI is InChI=1S/C18H21N3O5/c22-14-5-4-12(16(23)20-14)21-17(24)11-2-1-3-13(15(11)18(21)25)26-7-6-10-8-19-9-10/h1-2,10,12-13,19H,3-9H2,(H,20,22,23). The van der Waals surface area contributed by atoms with E-state index in [1.165, 1.54) is 0 Å². The third-order valence-electron chi connectivity index (χ3n) is 5.38. The van der Waals surface area contributed by atoms with Crippen molar-refractivity contribution < 1.29 is 23.9 Å². The summed E-state index contributed by atoms with van der Waals surface area (Å²) in [6, 6.07) is -0.937. The number of carbonyl (C=O) groups is 4. The predicted octanol–water partition coefficient (Wildman–Crippen LogP) is -0.588. The normalized spacial score (nSPS) is 29.2. The Kier molecular flexibility index (Phi) is 4.46. The zero-order valence-corrected chi connectivity index (χ0v) is 14.3. The summed E-state index contributed by atoms with van der Waals surface area (Å²) in [4.78, 5) is 50.1. The van der Waals surface area contributed by atoms with E-state index >= 15 is 0 Å². The average Bonchev–Trinajstić information content (AvgIpc) is 2.82. The first-order valence-corrected chi connectivity index (χ1v) is 9.01. The first-order chi connectivity index (χ1) is 12.6. The zero-order valence-electron chi connectivity index (χ0n) is 14.3. The Morgan fingerprint density at radius 3 is 2.65 bits per heavy atom. The molecule has 1 aliphatic carbocycles. The lowest BCUT2D eigenvalue weighted by atomic mass is 9.96. The van der Waals surface area contributed by atoms with E-state index in [1.807, 2.05) is 6.08 Å². The molecule has 0 spiro atoms. The molecule has 0 radical (unpaired) electrons. The van der Waals surface area contributed by atoms with Crippen molar-refractivity contribution in [1.82, 2.24) is 15.5 Å². The molecule has 2 atom stereocenters. The van der Waals surface area contributed by atoms with Crippen molar-refractivity contribution in [3.8, 4) is 0 Å². The summed E-state index contributed by atoms with van der Waals surface area (Å²) < 4.78 is 5.91.